The Morgan fingerprint density at radius 3 is 2.44 bits per heavy atom. The average molecular weight is 494 g/mol. The van der Waals surface area contributed by atoms with Crippen LogP contribution in [0, 0.1) is 0 Å². The molecule has 3 aromatic carbocycles. The highest BCUT2D eigenvalue weighted by molar-refractivity contribution is 9.13. The van der Waals surface area contributed by atoms with E-state index in [2.05, 4.69) is 42.4 Å². The number of fused-ring (bicyclic) bond motifs is 1. The highest BCUT2D eigenvalue weighted by Crippen LogP contribution is 2.41. The van der Waals surface area contributed by atoms with E-state index < -0.39 is 5.91 Å². The van der Waals surface area contributed by atoms with Gasteiger partial charge in [-0.3, -0.25) is 4.79 Å². The van der Waals surface area contributed by atoms with Gasteiger partial charge in [-0.05, 0) is 60.8 Å². The predicted octanol–water partition coefficient (Wildman–Crippen LogP) is 4.55. The molecule has 3 rings (SSSR count). The molecule has 6 nitrogen and oxygen atoms in total. The molecule has 0 unspecified atom stereocenters. The fourth-order valence-electron chi connectivity index (χ4n) is 2.49. The first-order chi connectivity index (χ1) is 12.9. The van der Waals surface area contributed by atoms with E-state index in [-0.39, 0.29) is 22.8 Å². The van der Waals surface area contributed by atoms with Crippen LogP contribution in [0.4, 0.5) is 0 Å². The summed E-state index contributed by atoms with van der Waals surface area (Å²) >= 11 is 6.59. The summed E-state index contributed by atoms with van der Waals surface area (Å²) in [6.07, 6.45) is 1.40. The lowest BCUT2D eigenvalue weighted by atomic mass is 10.1. The minimum atomic E-state index is -0.546. The van der Waals surface area contributed by atoms with Gasteiger partial charge in [0, 0.05) is 10.0 Å². The van der Waals surface area contributed by atoms with E-state index in [1.807, 2.05) is 24.3 Å². The molecular formula is C19H14Br2N2O4. The number of nitrogens with zero attached hydrogens (tertiary/aromatic N) is 1. The smallest absolute Gasteiger partial charge is 0.275 e. The molecule has 0 saturated heterocycles. The molecule has 0 heterocycles. The summed E-state index contributed by atoms with van der Waals surface area (Å²) in [6.45, 7) is 0. The average Bonchev–Trinajstić information content (AvgIpc) is 2.67. The van der Waals surface area contributed by atoms with Crippen LogP contribution in [-0.2, 0) is 0 Å². The zero-order chi connectivity index (χ0) is 19.6. The third-order valence-electron chi connectivity index (χ3n) is 3.87. The number of hydrazone groups is 1. The lowest BCUT2D eigenvalue weighted by Crippen LogP contribution is -2.17. The van der Waals surface area contributed by atoms with E-state index in [0.717, 1.165) is 10.8 Å². The van der Waals surface area contributed by atoms with E-state index in [0.29, 0.717) is 14.5 Å². The highest BCUT2D eigenvalue weighted by atomic mass is 79.9. The zero-order valence-electron chi connectivity index (χ0n) is 14.0. The van der Waals surface area contributed by atoms with Crippen LogP contribution in [0.25, 0.3) is 10.8 Å². The third-order valence-corrected chi connectivity index (χ3v) is 6.03. The van der Waals surface area contributed by atoms with Crippen molar-refractivity contribution >= 4 is 54.8 Å². The standard InChI is InChI=1S/C19H14Br2N2O4/c1-27-15-8-12(16(20)17(21)18(15)25)9-22-23-19(26)13-6-10-4-2-3-5-11(10)7-14(13)24/h2-9,24-25H,1H3,(H,23,26)/b22-9+. The molecule has 0 fully saturated rings. The van der Waals surface area contributed by atoms with Crippen LogP contribution in [-0.4, -0.2) is 29.4 Å². The van der Waals surface area contributed by atoms with Crippen LogP contribution in [0.15, 0.2) is 56.5 Å². The largest absolute Gasteiger partial charge is 0.507 e. The summed E-state index contributed by atoms with van der Waals surface area (Å²) in [5, 5.41) is 25.6. The van der Waals surface area contributed by atoms with Crippen LogP contribution in [0.1, 0.15) is 15.9 Å². The van der Waals surface area contributed by atoms with Gasteiger partial charge < -0.3 is 14.9 Å². The molecule has 0 radical (unpaired) electrons. The molecule has 3 N–H and O–H groups in total. The van der Waals surface area contributed by atoms with Gasteiger partial charge in [-0.1, -0.05) is 24.3 Å². The summed E-state index contributed by atoms with van der Waals surface area (Å²) in [4.78, 5) is 12.4. The molecule has 138 valence electrons. The first kappa shape index (κ1) is 19.2. The summed E-state index contributed by atoms with van der Waals surface area (Å²) in [5.74, 6) is -0.469. The van der Waals surface area contributed by atoms with Gasteiger partial charge >= 0.3 is 0 Å². The van der Waals surface area contributed by atoms with Crippen molar-refractivity contribution in [2.75, 3.05) is 7.11 Å². The van der Waals surface area contributed by atoms with E-state index >= 15 is 0 Å². The molecule has 0 spiro atoms. The van der Waals surface area contributed by atoms with Gasteiger partial charge in [-0.15, -0.1) is 0 Å². The van der Waals surface area contributed by atoms with Crippen LogP contribution in [0.3, 0.4) is 0 Å². The van der Waals surface area contributed by atoms with Gasteiger partial charge in [0.25, 0.3) is 5.91 Å². The Morgan fingerprint density at radius 1 is 1.11 bits per heavy atom. The van der Waals surface area contributed by atoms with Crippen molar-refractivity contribution in [2.45, 2.75) is 0 Å². The molecule has 0 saturated carbocycles. The van der Waals surface area contributed by atoms with E-state index in [9.17, 15) is 15.0 Å². The van der Waals surface area contributed by atoms with E-state index in [1.54, 1.807) is 12.1 Å². The monoisotopic (exact) mass is 492 g/mol. The molecule has 0 aromatic heterocycles. The summed E-state index contributed by atoms with van der Waals surface area (Å²) < 4.78 is 6.04. The number of carbonyl (C=O) groups is 1. The molecule has 8 heteroatoms. The number of benzene rings is 3. The molecule has 0 aliphatic rings. The number of nitrogens with one attached hydrogen (secondary N) is 1. The number of phenolic OH excluding ortho intramolecular Hbond substituents is 2. The van der Waals surface area contributed by atoms with Crippen molar-refractivity contribution in [2.24, 2.45) is 5.10 Å². The van der Waals surface area contributed by atoms with Crippen molar-refractivity contribution in [3.05, 3.63) is 62.5 Å². The number of rotatable bonds is 4. The second-order valence-corrected chi connectivity index (χ2v) is 7.15. The number of aromatic hydroxyl groups is 2. The number of amides is 1. The fraction of sp³-hybridized carbons (Fsp3) is 0.0526. The number of hydrogen-bond donors (Lipinski definition) is 3. The molecule has 1 amide bonds. The van der Waals surface area contributed by atoms with Gasteiger partial charge in [-0.2, -0.15) is 5.10 Å². The molecular weight excluding hydrogens is 480 g/mol. The number of phenols is 2. The molecule has 0 bridgehead atoms. The van der Waals surface area contributed by atoms with Crippen LogP contribution >= 0.6 is 31.9 Å². The van der Waals surface area contributed by atoms with E-state index in [1.165, 1.54) is 19.4 Å². The Kier molecular flexibility index (Phi) is 5.67. The Morgan fingerprint density at radius 2 is 1.78 bits per heavy atom. The maximum absolute atomic E-state index is 12.4. The second kappa shape index (κ2) is 7.98. The Hall–Kier alpha value is -2.58. The topological polar surface area (TPSA) is 91.2 Å². The number of hydrogen-bond acceptors (Lipinski definition) is 5. The SMILES string of the molecule is COc1cc(/C=N/NC(=O)c2cc3ccccc3cc2O)c(Br)c(Br)c1O. The van der Waals surface area contributed by atoms with Gasteiger partial charge in [0.2, 0.25) is 0 Å². The third kappa shape index (κ3) is 3.91. The quantitative estimate of drug-likeness (QED) is 0.367. The van der Waals surface area contributed by atoms with Crippen molar-refractivity contribution in [3.8, 4) is 17.2 Å². The van der Waals surface area contributed by atoms with Crippen LogP contribution in [0.5, 0.6) is 17.2 Å². The highest BCUT2D eigenvalue weighted by Gasteiger charge is 2.15. The lowest BCUT2D eigenvalue weighted by molar-refractivity contribution is 0.0952. The summed E-state index contributed by atoms with van der Waals surface area (Å²) in [6, 6.07) is 12.1. The second-order valence-electron chi connectivity index (χ2n) is 5.56. The zero-order valence-corrected chi connectivity index (χ0v) is 17.2. The predicted molar refractivity (Wildman–Crippen MR) is 111 cm³/mol. The minimum absolute atomic E-state index is 0.0494. The Bertz CT molecular complexity index is 1070. The Labute approximate surface area is 171 Å². The lowest BCUT2D eigenvalue weighted by Gasteiger charge is -2.09. The van der Waals surface area contributed by atoms with Crippen LogP contribution < -0.4 is 10.2 Å². The Balaban J connectivity index is 1.84. The number of methoxy groups -OCH3 is 1. The molecule has 0 atom stereocenters. The molecule has 0 aliphatic carbocycles. The first-order valence-corrected chi connectivity index (χ1v) is 9.31. The maximum Gasteiger partial charge on any atom is 0.275 e. The number of halogens is 2. The van der Waals surface area contributed by atoms with Crippen molar-refractivity contribution < 1.29 is 19.7 Å². The van der Waals surface area contributed by atoms with Gasteiger partial charge in [-0.25, -0.2) is 5.43 Å². The van der Waals surface area contributed by atoms with Gasteiger partial charge in [0.1, 0.15) is 5.75 Å². The number of carbonyl (C=O) groups excluding carboxylic acids is 1. The minimum Gasteiger partial charge on any atom is -0.507 e. The van der Waals surface area contributed by atoms with Crippen molar-refractivity contribution in [1.29, 1.82) is 0 Å². The number of ether oxygens (including phenoxy) is 1. The maximum atomic E-state index is 12.4. The fourth-order valence-corrected chi connectivity index (χ4v) is 3.32. The van der Waals surface area contributed by atoms with Crippen LogP contribution in [0.2, 0.25) is 0 Å². The molecule has 3 aromatic rings. The summed E-state index contributed by atoms with van der Waals surface area (Å²) in [5.41, 5.74) is 3.07. The van der Waals surface area contributed by atoms with E-state index in [4.69, 9.17) is 4.74 Å². The van der Waals surface area contributed by atoms with Crippen molar-refractivity contribution in [3.63, 3.8) is 0 Å². The first-order valence-electron chi connectivity index (χ1n) is 7.72. The van der Waals surface area contributed by atoms with Crippen molar-refractivity contribution in [1.82, 2.24) is 5.43 Å². The van der Waals surface area contributed by atoms with Gasteiger partial charge in [0.05, 0.1) is 23.4 Å². The normalized spacial score (nSPS) is 11.1. The molecule has 0 aliphatic heterocycles. The van der Waals surface area contributed by atoms with Gasteiger partial charge in [0.15, 0.2) is 11.5 Å². The summed E-state index contributed by atoms with van der Waals surface area (Å²) in [7, 11) is 1.43. The molecule has 27 heavy (non-hydrogen) atoms.